The molecule has 0 spiro atoms. The average Bonchev–Trinajstić information content (AvgIpc) is 2.45. The first-order valence-electron chi connectivity index (χ1n) is 8.77. The molecule has 20 heavy (non-hydrogen) atoms. The standard InChI is InChI=1S/C17H35N3/c1-14(2)16-13-20(17(12-18-16)15(3)4)11-10-19-8-6-5-7-9-19/h14-18H,5-13H2,1-4H3. The summed E-state index contributed by atoms with van der Waals surface area (Å²) in [5.41, 5.74) is 0. The van der Waals surface area contributed by atoms with Gasteiger partial charge in [-0.3, -0.25) is 4.90 Å². The van der Waals surface area contributed by atoms with E-state index < -0.39 is 0 Å². The Labute approximate surface area is 126 Å². The van der Waals surface area contributed by atoms with E-state index in [-0.39, 0.29) is 0 Å². The van der Waals surface area contributed by atoms with Crippen LogP contribution < -0.4 is 5.32 Å². The molecule has 0 amide bonds. The third kappa shape index (κ3) is 4.44. The smallest absolute Gasteiger partial charge is 0.0244 e. The Balaban J connectivity index is 1.85. The number of likely N-dealkylation sites (tertiary alicyclic amines) is 1. The van der Waals surface area contributed by atoms with Crippen LogP contribution in [0.5, 0.6) is 0 Å². The molecule has 0 bridgehead atoms. The number of piperazine rings is 1. The third-order valence-corrected chi connectivity index (χ3v) is 5.22. The second-order valence-electron chi connectivity index (χ2n) is 7.47. The summed E-state index contributed by atoms with van der Waals surface area (Å²) in [6.07, 6.45) is 4.25. The molecular weight excluding hydrogens is 246 g/mol. The van der Waals surface area contributed by atoms with Gasteiger partial charge in [-0.05, 0) is 37.8 Å². The number of hydrogen-bond donors (Lipinski definition) is 1. The number of hydrogen-bond acceptors (Lipinski definition) is 3. The first-order valence-corrected chi connectivity index (χ1v) is 8.77. The molecule has 0 radical (unpaired) electrons. The Morgan fingerprint density at radius 1 is 0.950 bits per heavy atom. The lowest BCUT2D eigenvalue weighted by Gasteiger charge is -2.44. The summed E-state index contributed by atoms with van der Waals surface area (Å²) in [6.45, 7) is 17.0. The van der Waals surface area contributed by atoms with Crippen LogP contribution in [0.2, 0.25) is 0 Å². The van der Waals surface area contributed by atoms with Crippen LogP contribution in [0.1, 0.15) is 47.0 Å². The van der Waals surface area contributed by atoms with Gasteiger partial charge in [0.15, 0.2) is 0 Å². The fraction of sp³-hybridized carbons (Fsp3) is 1.00. The summed E-state index contributed by atoms with van der Waals surface area (Å²) in [6, 6.07) is 1.39. The monoisotopic (exact) mass is 281 g/mol. The maximum Gasteiger partial charge on any atom is 0.0244 e. The van der Waals surface area contributed by atoms with Crippen molar-refractivity contribution in [3.8, 4) is 0 Å². The van der Waals surface area contributed by atoms with Gasteiger partial charge in [-0.1, -0.05) is 34.1 Å². The molecular formula is C17H35N3. The van der Waals surface area contributed by atoms with Crippen molar-refractivity contribution in [3.63, 3.8) is 0 Å². The van der Waals surface area contributed by atoms with Crippen LogP contribution in [0.3, 0.4) is 0 Å². The molecule has 0 aromatic rings. The molecule has 2 aliphatic heterocycles. The van der Waals surface area contributed by atoms with Gasteiger partial charge >= 0.3 is 0 Å². The summed E-state index contributed by atoms with van der Waals surface area (Å²) in [7, 11) is 0. The van der Waals surface area contributed by atoms with E-state index >= 15 is 0 Å². The van der Waals surface area contributed by atoms with Gasteiger partial charge in [0, 0.05) is 38.3 Å². The highest BCUT2D eigenvalue weighted by Gasteiger charge is 2.31. The maximum atomic E-state index is 3.76. The zero-order chi connectivity index (χ0) is 14.5. The fourth-order valence-electron chi connectivity index (χ4n) is 3.67. The maximum absolute atomic E-state index is 3.76. The lowest BCUT2D eigenvalue weighted by atomic mass is 9.94. The van der Waals surface area contributed by atoms with Gasteiger partial charge in [0.25, 0.3) is 0 Å². The number of rotatable bonds is 5. The van der Waals surface area contributed by atoms with Crippen molar-refractivity contribution in [1.82, 2.24) is 15.1 Å². The van der Waals surface area contributed by atoms with Crippen molar-refractivity contribution >= 4 is 0 Å². The molecule has 2 rings (SSSR count). The molecule has 2 fully saturated rings. The third-order valence-electron chi connectivity index (χ3n) is 5.22. The predicted molar refractivity (Wildman–Crippen MR) is 87.1 cm³/mol. The zero-order valence-electron chi connectivity index (χ0n) is 14.1. The molecule has 0 saturated carbocycles. The van der Waals surface area contributed by atoms with Crippen LogP contribution in [0.15, 0.2) is 0 Å². The molecule has 0 aromatic heterocycles. The zero-order valence-corrected chi connectivity index (χ0v) is 14.1. The molecule has 0 aliphatic carbocycles. The Kier molecular flexibility index (Phi) is 6.31. The molecule has 2 atom stereocenters. The van der Waals surface area contributed by atoms with Crippen LogP contribution in [-0.4, -0.2) is 61.2 Å². The average molecular weight is 281 g/mol. The Morgan fingerprint density at radius 3 is 2.25 bits per heavy atom. The van der Waals surface area contributed by atoms with Crippen LogP contribution in [0.25, 0.3) is 0 Å². The summed E-state index contributed by atoms with van der Waals surface area (Å²) in [5, 5.41) is 3.76. The van der Waals surface area contributed by atoms with Gasteiger partial charge in [-0.2, -0.15) is 0 Å². The molecule has 2 heterocycles. The minimum atomic E-state index is 0.673. The highest BCUT2D eigenvalue weighted by Crippen LogP contribution is 2.18. The summed E-state index contributed by atoms with van der Waals surface area (Å²) in [4.78, 5) is 5.44. The minimum absolute atomic E-state index is 0.673. The molecule has 3 heteroatoms. The van der Waals surface area contributed by atoms with Crippen molar-refractivity contribution in [2.45, 2.75) is 59.0 Å². The van der Waals surface area contributed by atoms with Crippen LogP contribution in [0.4, 0.5) is 0 Å². The molecule has 2 aliphatic rings. The fourth-order valence-corrected chi connectivity index (χ4v) is 3.67. The second-order valence-corrected chi connectivity index (χ2v) is 7.47. The van der Waals surface area contributed by atoms with Gasteiger partial charge in [-0.25, -0.2) is 0 Å². The first kappa shape index (κ1) is 16.3. The molecule has 1 N–H and O–H groups in total. The predicted octanol–water partition coefficient (Wildman–Crippen LogP) is 2.43. The van der Waals surface area contributed by atoms with E-state index in [1.807, 2.05) is 0 Å². The van der Waals surface area contributed by atoms with E-state index in [2.05, 4.69) is 42.8 Å². The number of nitrogens with one attached hydrogen (secondary N) is 1. The molecule has 2 saturated heterocycles. The van der Waals surface area contributed by atoms with Crippen molar-refractivity contribution in [2.75, 3.05) is 39.3 Å². The van der Waals surface area contributed by atoms with E-state index in [0.717, 1.165) is 17.9 Å². The largest absolute Gasteiger partial charge is 0.311 e. The highest BCUT2D eigenvalue weighted by molar-refractivity contribution is 4.89. The van der Waals surface area contributed by atoms with Crippen LogP contribution >= 0.6 is 0 Å². The molecule has 118 valence electrons. The summed E-state index contributed by atoms with van der Waals surface area (Å²) in [5.74, 6) is 1.48. The summed E-state index contributed by atoms with van der Waals surface area (Å²) >= 11 is 0. The molecule has 0 aromatic carbocycles. The molecule has 2 unspecified atom stereocenters. The Hall–Kier alpha value is -0.120. The lowest BCUT2D eigenvalue weighted by molar-refractivity contribution is 0.0707. The SMILES string of the molecule is CC(C)C1CN(CCN2CCCCC2)C(C(C)C)CN1. The molecule has 3 nitrogen and oxygen atoms in total. The van der Waals surface area contributed by atoms with Crippen LogP contribution in [0, 0.1) is 11.8 Å². The van der Waals surface area contributed by atoms with Gasteiger partial charge in [-0.15, -0.1) is 0 Å². The Bertz CT molecular complexity index is 271. The normalized spacial score (nSPS) is 30.3. The van der Waals surface area contributed by atoms with Crippen molar-refractivity contribution < 1.29 is 0 Å². The van der Waals surface area contributed by atoms with Crippen LogP contribution in [-0.2, 0) is 0 Å². The van der Waals surface area contributed by atoms with Crippen molar-refractivity contribution in [3.05, 3.63) is 0 Å². The quantitative estimate of drug-likeness (QED) is 0.835. The number of piperidine rings is 1. The lowest BCUT2D eigenvalue weighted by Crippen LogP contribution is -2.60. The first-order chi connectivity index (χ1) is 9.58. The highest BCUT2D eigenvalue weighted by atomic mass is 15.3. The van der Waals surface area contributed by atoms with Gasteiger partial charge in [0.2, 0.25) is 0 Å². The van der Waals surface area contributed by atoms with Crippen molar-refractivity contribution in [1.29, 1.82) is 0 Å². The van der Waals surface area contributed by atoms with Gasteiger partial charge in [0.05, 0.1) is 0 Å². The van der Waals surface area contributed by atoms with E-state index in [1.54, 1.807) is 0 Å². The van der Waals surface area contributed by atoms with E-state index in [9.17, 15) is 0 Å². The Morgan fingerprint density at radius 2 is 1.65 bits per heavy atom. The number of nitrogens with zero attached hydrogens (tertiary/aromatic N) is 2. The van der Waals surface area contributed by atoms with E-state index in [4.69, 9.17) is 0 Å². The van der Waals surface area contributed by atoms with Crippen molar-refractivity contribution in [2.24, 2.45) is 11.8 Å². The summed E-state index contributed by atoms with van der Waals surface area (Å²) < 4.78 is 0. The minimum Gasteiger partial charge on any atom is -0.311 e. The topological polar surface area (TPSA) is 18.5 Å². The van der Waals surface area contributed by atoms with Gasteiger partial charge < -0.3 is 10.2 Å². The van der Waals surface area contributed by atoms with E-state index in [0.29, 0.717) is 6.04 Å². The second kappa shape index (κ2) is 7.77. The van der Waals surface area contributed by atoms with E-state index in [1.165, 1.54) is 58.5 Å². The van der Waals surface area contributed by atoms with Gasteiger partial charge in [0.1, 0.15) is 0 Å².